The zero-order chi connectivity index (χ0) is 21.9. The fourth-order valence-electron chi connectivity index (χ4n) is 2.80. The molecule has 1 atom stereocenters. The normalized spacial score (nSPS) is 11.4. The predicted molar refractivity (Wildman–Crippen MR) is 113 cm³/mol. The highest BCUT2D eigenvalue weighted by molar-refractivity contribution is 5.91. The minimum atomic E-state index is -0.737. The van der Waals surface area contributed by atoms with Crippen LogP contribution in [0, 0.1) is 0 Å². The Morgan fingerprint density at radius 3 is 2.47 bits per heavy atom. The summed E-state index contributed by atoms with van der Waals surface area (Å²) >= 11 is 0. The molecule has 0 saturated heterocycles. The van der Waals surface area contributed by atoms with Gasteiger partial charge in [-0.15, -0.1) is 0 Å². The molecule has 2 aromatic rings. The molecule has 0 spiro atoms. The van der Waals surface area contributed by atoms with Crippen molar-refractivity contribution in [1.29, 1.82) is 0 Å². The molecular formula is C22H27N3O5. The number of benzene rings is 2. The second-order valence-electron chi connectivity index (χ2n) is 6.83. The van der Waals surface area contributed by atoms with Crippen molar-refractivity contribution >= 4 is 34.5 Å². The molecule has 2 rings (SSSR count). The summed E-state index contributed by atoms with van der Waals surface area (Å²) in [6.07, 6.45) is 0.912. The van der Waals surface area contributed by atoms with E-state index in [2.05, 4.69) is 16.0 Å². The van der Waals surface area contributed by atoms with Gasteiger partial charge in [-0.25, -0.2) is 0 Å². The summed E-state index contributed by atoms with van der Waals surface area (Å²) in [5.74, 6) is -1.96. The monoisotopic (exact) mass is 413 g/mol. The van der Waals surface area contributed by atoms with Gasteiger partial charge >= 0.3 is 5.97 Å². The van der Waals surface area contributed by atoms with E-state index in [1.54, 1.807) is 0 Å². The first-order valence-electron chi connectivity index (χ1n) is 9.86. The van der Waals surface area contributed by atoms with Crippen LogP contribution in [0.5, 0.6) is 0 Å². The van der Waals surface area contributed by atoms with E-state index < -0.39 is 24.5 Å². The molecule has 3 N–H and O–H groups in total. The van der Waals surface area contributed by atoms with Crippen molar-refractivity contribution in [2.75, 3.05) is 19.7 Å². The number of fused-ring (bicyclic) bond motifs is 1. The number of rotatable bonds is 10. The van der Waals surface area contributed by atoms with Gasteiger partial charge in [0.1, 0.15) is 12.6 Å². The zero-order valence-electron chi connectivity index (χ0n) is 17.2. The van der Waals surface area contributed by atoms with Crippen molar-refractivity contribution in [3.63, 3.8) is 0 Å². The highest BCUT2D eigenvalue weighted by Gasteiger charge is 2.16. The van der Waals surface area contributed by atoms with Crippen LogP contribution in [0.1, 0.15) is 25.8 Å². The Hall–Kier alpha value is -3.42. The number of amides is 3. The molecule has 30 heavy (non-hydrogen) atoms. The quantitative estimate of drug-likeness (QED) is 0.504. The molecule has 0 fully saturated rings. The average molecular weight is 413 g/mol. The van der Waals surface area contributed by atoms with Crippen molar-refractivity contribution in [2.45, 2.75) is 32.7 Å². The first-order valence-corrected chi connectivity index (χ1v) is 9.86. The number of carbonyl (C=O) groups excluding carboxylic acids is 4. The van der Waals surface area contributed by atoms with Crippen LogP contribution in [-0.2, 0) is 30.3 Å². The number of carbonyl (C=O) groups is 4. The molecule has 160 valence electrons. The molecule has 0 heterocycles. The van der Waals surface area contributed by atoms with Gasteiger partial charge in [0.25, 0.3) is 5.91 Å². The molecule has 3 amide bonds. The third-order valence-electron chi connectivity index (χ3n) is 4.35. The van der Waals surface area contributed by atoms with Crippen LogP contribution >= 0.6 is 0 Å². The summed E-state index contributed by atoms with van der Waals surface area (Å²) in [5.41, 5.74) is 0.855. The lowest BCUT2D eigenvalue weighted by atomic mass is 10.0. The van der Waals surface area contributed by atoms with E-state index in [0.29, 0.717) is 6.54 Å². The molecule has 0 bridgehead atoms. The Morgan fingerprint density at radius 1 is 0.967 bits per heavy atom. The van der Waals surface area contributed by atoms with Crippen LogP contribution in [0.25, 0.3) is 10.8 Å². The fourth-order valence-corrected chi connectivity index (χ4v) is 2.80. The smallest absolute Gasteiger partial charge is 0.325 e. The number of esters is 1. The highest BCUT2D eigenvalue weighted by atomic mass is 16.5. The summed E-state index contributed by atoms with van der Waals surface area (Å²) in [5, 5.41) is 9.60. The lowest BCUT2D eigenvalue weighted by Gasteiger charge is -2.14. The third-order valence-corrected chi connectivity index (χ3v) is 4.35. The summed E-state index contributed by atoms with van der Waals surface area (Å²) in [6.45, 7) is 3.11. The van der Waals surface area contributed by atoms with Gasteiger partial charge in [0, 0.05) is 6.54 Å². The van der Waals surface area contributed by atoms with Crippen LogP contribution < -0.4 is 16.0 Å². The molecule has 8 heteroatoms. The molecule has 0 saturated carbocycles. The number of hydrogen-bond acceptors (Lipinski definition) is 5. The lowest BCUT2D eigenvalue weighted by Crippen LogP contribution is -2.46. The van der Waals surface area contributed by atoms with Crippen molar-refractivity contribution in [1.82, 2.24) is 16.0 Å². The van der Waals surface area contributed by atoms with Gasteiger partial charge in [0.2, 0.25) is 11.8 Å². The topological polar surface area (TPSA) is 114 Å². The van der Waals surface area contributed by atoms with Gasteiger partial charge in [-0.05, 0) is 29.7 Å². The first kappa shape index (κ1) is 22.9. The predicted octanol–water partition coefficient (Wildman–Crippen LogP) is 1.07. The Bertz CT molecular complexity index is 907. The van der Waals surface area contributed by atoms with E-state index in [-0.39, 0.29) is 24.8 Å². The van der Waals surface area contributed by atoms with E-state index >= 15 is 0 Å². The molecule has 2 aromatic carbocycles. The summed E-state index contributed by atoms with van der Waals surface area (Å²) in [6, 6.07) is 12.7. The minimum absolute atomic E-state index is 0.125. The Labute approximate surface area is 175 Å². The highest BCUT2D eigenvalue weighted by Crippen LogP contribution is 2.18. The summed E-state index contributed by atoms with van der Waals surface area (Å²) in [7, 11) is 0. The van der Waals surface area contributed by atoms with E-state index in [0.717, 1.165) is 22.8 Å². The molecule has 0 aliphatic heterocycles. The van der Waals surface area contributed by atoms with Crippen molar-refractivity contribution in [2.24, 2.45) is 0 Å². The largest absolute Gasteiger partial charge is 0.454 e. The molecule has 0 radical (unpaired) electrons. The van der Waals surface area contributed by atoms with E-state index in [1.807, 2.05) is 49.4 Å². The van der Waals surface area contributed by atoms with E-state index in [1.165, 1.54) is 6.92 Å². The molecule has 8 nitrogen and oxygen atoms in total. The van der Waals surface area contributed by atoms with Crippen molar-refractivity contribution in [3.05, 3.63) is 48.0 Å². The maximum absolute atomic E-state index is 12.2. The second kappa shape index (κ2) is 11.5. The number of hydrogen-bond donors (Lipinski definition) is 3. The molecular weight excluding hydrogens is 386 g/mol. The van der Waals surface area contributed by atoms with Gasteiger partial charge in [-0.2, -0.15) is 0 Å². The standard InChI is InChI=1S/C22H27N3O5/c1-3-11-23-22(29)15(2)25-20(27)14-30-21(28)13-24-19(26)12-17-9-6-8-16-7-4-5-10-18(16)17/h4-10,15H,3,11-14H2,1-2H3,(H,23,29)(H,24,26)(H,25,27)/t15-/m1/s1. The zero-order valence-corrected chi connectivity index (χ0v) is 17.2. The van der Waals surface area contributed by atoms with Gasteiger partial charge in [0.15, 0.2) is 6.61 Å². The minimum Gasteiger partial charge on any atom is -0.454 e. The maximum Gasteiger partial charge on any atom is 0.325 e. The molecule has 0 aliphatic rings. The van der Waals surface area contributed by atoms with Crippen LogP contribution in [0.4, 0.5) is 0 Å². The molecule has 0 aliphatic carbocycles. The van der Waals surface area contributed by atoms with Crippen LogP contribution in [-0.4, -0.2) is 49.4 Å². The van der Waals surface area contributed by atoms with Gasteiger partial charge < -0.3 is 20.7 Å². The maximum atomic E-state index is 12.2. The average Bonchev–Trinajstić information content (AvgIpc) is 2.74. The number of nitrogens with one attached hydrogen (secondary N) is 3. The van der Waals surface area contributed by atoms with Crippen LogP contribution in [0.15, 0.2) is 42.5 Å². The SMILES string of the molecule is CCCNC(=O)[C@@H](C)NC(=O)COC(=O)CNC(=O)Cc1cccc2ccccc12. The van der Waals surface area contributed by atoms with Crippen LogP contribution in [0.2, 0.25) is 0 Å². The van der Waals surface area contributed by atoms with Gasteiger partial charge in [-0.3, -0.25) is 19.2 Å². The lowest BCUT2D eigenvalue weighted by molar-refractivity contribution is -0.148. The molecule has 0 aromatic heterocycles. The summed E-state index contributed by atoms with van der Waals surface area (Å²) < 4.78 is 4.84. The van der Waals surface area contributed by atoms with Crippen molar-refractivity contribution in [3.8, 4) is 0 Å². The van der Waals surface area contributed by atoms with E-state index in [9.17, 15) is 19.2 Å². The van der Waals surface area contributed by atoms with Crippen molar-refractivity contribution < 1.29 is 23.9 Å². The fraction of sp³-hybridized carbons (Fsp3) is 0.364. The first-order chi connectivity index (χ1) is 14.4. The second-order valence-corrected chi connectivity index (χ2v) is 6.83. The van der Waals surface area contributed by atoms with Crippen LogP contribution in [0.3, 0.4) is 0 Å². The Balaban J connectivity index is 1.72. The number of ether oxygens (including phenoxy) is 1. The van der Waals surface area contributed by atoms with E-state index in [4.69, 9.17) is 4.74 Å². The van der Waals surface area contributed by atoms with Gasteiger partial charge in [0.05, 0.1) is 6.42 Å². The summed E-state index contributed by atoms with van der Waals surface area (Å²) in [4.78, 5) is 47.4. The molecule has 0 unspecified atom stereocenters. The van der Waals surface area contributed by atoms with Gasteiger partial charge in [-0.1, -0.05) is 49.4 Å². The third kappa shape index (κ3) is 7.20. The Kier molecular flexibility index (Phi) is 8.80. The Morgan fingerprint density at radius 2 is 1.70 bits per heavy atom.